The molecule has 2 unspecified atom stereocenters. The average molecular weight is 301 g/mol. The van der Waals surface area contributed by atoms with Crippen LogP contribution in [0.1, 0.15) is 43.0 Å². The highest BCUT2D eigenvalue weighted by Gasteiger charge is 2.25. The number of carbonyl (C=O) groups is 1. The molecule has 2 N–H and O–H groups in total. The molecule has 1 fully saturated rings. The molecule has 22 heavy (non-hydrogen) atoms. The predicted molar refractivity (Wildman–Crippen MR) is 82.9 cm³/mol. The molecule has 2 aromatic rings. The van der Waals surface area contributed by atoms with Crippen molar-refractivity contribution >= 4 is 5.91 Å². The maximum atomic E-state index is 13.0. The topological polar surface area (TPSA) is 57.8 Å². The van der Waals surface area contributed by atoms with Crippen LogP contribution < -0.4 is 5.32 Å². The molecule has 1 saturated carbocycles. The molecule has 0 aliphatic heterocycles. The molecule has 0 bridgehead atoms. The van der Waals surface area contributed by atoms with Crippen LogP contribution in [0.4, 0.5) is 4.39 Å². The third-order valence-corrected chi connectivity index (χ3v) is 4.44. The number of rotatable bonds is 3. The van der Waals surface area contributed by atoms with E-state index in [4.69, 9.17) is 0 Å². The zero-order valence-electron chi connectivity index (χ0n) is 12.6. The molecule has 1 heterocycles. The van der Waals surface area contributed by atoms with Gasteiger partial charge in [-0.2, -0.15) is 5.10 Å². The van der Waals surface area contributed by atoms with Crippen molar-refractivity contribution in [3.05, 3.63) is 41.8 Å². The summed E-state index contributed by atoms with van der Waals surface area (Å²) in [6.07, 6.45) is 6.10. The summed E-state index contributed by atoms with van der Waals surface area (Å²) in [4.78, 5) is 12.5. The Hall–Kier alpha value is -2.17. The van der Waals surface area contributed by atoms with Gasteiger partial charge in [0.1, 0.15) is 5.82 Å². The zero-order valence-corrected chi connectivity index (χ0v) is 12.6. The number of halogens is 1. The Morgan fingerprint density at radius 1 is 1.27 bits per heavy atom. The SMILES string of the molecule is CC1CCCCC1NC(=O)c1cn[nH]c1-c1ccc(F)cc1. The number of hydrogen-bond donors (Lipinski definition) is 2. The summed E-state index contributed by atoms with van der Waals surface area (Å²) in [5, 5.41) is 9.93. The third kappa shape index (κ3) is 3.03. The number of amides is 1. The summed E-state index contributed by atoms with van der Waals surface area (Å²) in [6, 6.07) is 6.26. The third-order valence-electron chi connectivity index (χ3n) is 4.44. The van der Waals surface area contributed by atoms with E-state index in [2.05, 4.69) is 22.4 Å². The van der Waals surface area contributed by atoms with Crippen LogP contribution in [-0.4, -0.2) is 22.1 Å². The molecule has 1 aromatic carbocycles. The van der Waals surface area contributed by atoms with E-state index in [9.17, 15) is 9.18 Å². The molecule has 3 rings (SSSR count). The van der Waals surface area contributed by atoms with Gasteiger partial charge in [-0.1, -0.05) is 19.8 Å². The van der Waals surface area contributed by atoms with Crippen LogP contribution in [0.2, 0.25) is 0 Å². The summed E-state index contributed by atoms with van der Waals surface area (Å²) in [6.45, 7) is 2.18. The van der Waals surface area contributed by atoms with Gasteiger partial charge < -0.3 is 5.32 Å². The second-order valence-electron chi connectivity index (χ2n) is 6.01. The number of nitrogens with one attached hydrogen (secondary N) is 2. The van der Waals surface area contributed by atoms with Gasteiger partial charge in [0.25, 0.3) is 5.91 Å². The number of hydrogen-bond acceptors (Lipinski definition) is 2. The lowest BCUT2D eigenvalue weighted by Gasteiger charge is -2.29. The van der Waals surface area contributed by atoms with Crippen LogP contribution in [0.3, 0.4) is 0 Å². The van der Waals surface area contributed by atoms with Crippen LogP contribution in [0.25, 0.3) is 11.3 Å². The quantitative estimate of drug-likeness (QED) is 0.911. The maximum absolute atomic E-state index is 13.0. The van der Waals surface area contributed by atoms with Crippen molar-refractivity contribution in [1.29, 1.82) is 0 Å². The number of H-pyrrole nitrogens is 1. The van der Waals surface area contributed by atoms with Crippen molar-refractivity contribution in [2.24, 2.45) is 5.92 Å². The van der Waals surface area contributed by atoms with Gasteiger partial charge in [-0.15, -0.1) is 0 Å². The number of aromatic amines is 1. The van der Waals surface area contributed by atoms with E-state index in [0.717, 1.165) is 24.8 Å². The van der Waals surface area contributed by atoms with E-state index in [-0.39, 0.29) is 17.8 Å². The van der Waals surface area contributed by atoms with Gasteiger partial charge in [-0.3, -0.25) is 9.89 Å². The lowest BCUT2D eigenvalue weighted by molar-refractivity contribution is 0.0911. The molecule has 0 saturated heterocycles. The highest BCUT2D eigenvalue weighted by molar-refractivity contribution is 5.99. The van der Waals surface area contributed by atoms with Crippen LogP contribution in [0.5, 0.6) is 0 Å². The molecule has 0 spiro atoms. The molecule has 1 aliphatic carbocycles. The number of benzene rings is 1. The summed E-state index contributed by atoms with van der Waals surface area (Å²) in [5.74, 6) is 0.0796. The smallest absolute Gasteiger partial charge is 0.255 e. The van der Waals surface area contributed by atoms with E-state index in [0.29, 0.717) is 17.2 Å². The Balaban J connectivity index is 1.79. The van der Waals surface area contributed by atoms with E-state index >= 15 is 0 Å². The van der Waals surface area contributed by atoms with Gasteiger partial charge in [0.05, 0.1) is 17.5 Å². The molecule has 2 atom stereocenters. The summed E-state index contributed by atoms with van der Waals surface area (Å²) in [5.41, 5.74) is 1.88. The predicted octanol–water partition coefficient (Wildman–Crippen LogP) is 3.52. The Labute approximate surface area is 129 Å². The fourth-order valence-electron chi connectivity index (χ4n) is 3.07. The van der Waals surface area contributed by atoms with E-state index in [1.54, 1.807) is 12.1 Å². The molecule has 0 radical (unpaired) electrons. The van der Waals surface area contributed by atoms with Gasteiger partial charge >= 0.3 is 0 Å². The van der Waals surface area contributed by atoms with Gasteiger partial charge in [0.15, 0.2) is 0 Å². The minimum absolute atomic E-state index is 0.119. The minimum Gasteiger partial charge on any atom is -0.349 e. The molecular weight excluding hydrogens is 281 g/mol. The lowest BCUT2D eigenvalue weighted by atomic mass is 9.86. The molecule has 1 aliphatic rings. The Morgan fingerprint density at radius 3 is 2.73 bits per heavy atom. The van der Waals surface area contributed by atoms with Crippen LogP contribution in [0.15, 0.2) is 30.5 Å². The second kappa shape index (κ2) is 6.30. The van der Waals surface area contributed by atoms with Gasteiger partial charge in [0, 0.05) is 11.6 Å². The van der Waals surface area contributed by atoms with Crippen LogP contribution >= 0.6 is 0 Å². The van der Waals surface area contributed by atoms with Crippen molar-refractivity contribution in [2.75, 3.05) is 0 Å². The van der Waals surface area contributed by atoms with E-state index in [1.807, 2.05) is 0 Å². The number of carbonyl (C=O) groups excluding carboxylic acids is 1. The monoisotopic (exact) mass is 301 g/mol. The van der Waals surface area contributed by atoms with Gasteiger partial charge in [0.2, 0.25) is 0 Å². The van der Waals surface area contributed by atoms with Crippen molar-refractivity contribution in [3.8, 4) is 11.3 Å². The van der Waals surface area contributed by atoms with Gasteiger partial charge in [-0.05, 0) is 43.0 Å². The molecule has 4 nitrogen and oxygen atoms in total. The molecule has 5 heteroatoms. The van der Waals surface area contributed by atoms with Crippen molar-refractivity contribution in [1.82, 2.24) is 15.5 Å². The Kier molecular flexibility index (Phi) is 4.22. The van der Waals surface area contributed by atoms with Gasteiger partial charge in [-0.25, -0.2) is 4.39 Å². The fourth-order valence-corrected chi connectivity index (χ4v) is 3.07. The number of nitrogens with zero attached hydrogens (tertiary/aromatic N) is 1. The molecule has 116 valence electrons. The summed E-state index contributed by atoms with van der Waals surface area (Å²) >= 11 is 0. The second-order valence-corrected chi connectivity index (χ2v) is 6.01. The fraction of sp³-hybridized carbons (Fsp3) is 0.412. The van der Waals surface area contributed by atoms with Crippen molar-refractivity contribution in [2.45, 2.75) is 38.6 Å². The Bertz CT molecular complexity index is 650. The van der Waals surface area contributed by atoms with Crippen molar-refractivity contribution in [3.63, 3.8) is 0 Å². The summed E-state index contributed by atoms with van der Waals surface area (Å²) < 4.78 is 13.0. The standard InChI is InChI=1S/C17H20FN3O/c1-11-4-2-3-5-15(11)20-17(22)14-10-19-21-16(14)12-6-8-13(18)9-7-12/h6-11,15H,2-5H2,1H3,(H,19,21)(H,20,22). The largest absolute Gasteiger partial charge is 0.349 e. The van der Waals surface area contributed by atoms with Crippen LogP contribution in [0, 0.1) is 11.7 Å². The van der Waals surface area contributed by atoms with Crippen molar-refractivity contribution < 1.29 is 9.18 Å². The minimum atomic E-state index is -0.301. The van der Waals surface area contributed by atoms with E-state index < -0.39 is 0 Å². The normalized spacial score (nSPS) is 21.5. The highest BCUT2D eigenvalue weighted by atomic mass is 19.1. The first-order valence-corrected chi connectivity index (χ1v) is 7.75. The number of aromatic nitrogens is 2. The molecular formula is C17H20FN3O. The summed E-state index contributed by atoms with van der Waals surface area (Å²) in [7, 11) is 0. The first-order chi connectivity index (χ1) is 10.6. The zero-order chi connectivity index (χ0) is 15.5. The first kappa shape index (κ1) is 14.8. The lowest BCUT2D eigenvalue weighted by Crippen LogP contribution is -2.41. The Morgan fingerprint density at radius 2 is 2.00 bits per heavy atom. The maximum Gasteiger partial charge on any atom is 0.255 e. The van der Waals surface area contributed by atoms with E-state index in [1.165, 1.54) is 24.8 Å². The van der Waals surface area contributed by atoms with Crippen LogP contribution in [-0.2, 0) is 0 Å². The highest BCUT2D eigenvalue weighted by Crippen LogP contribution is 2.25. The average Bonchev–Trinajstić information content (AvgIpc) is 3.00. The molecule has 1 amide bonds. The molecule has 1 aromatic heterocycles. The first-order valence-electron chi connectivity index (χ1n) is 7.75.